The molecule has 2 amide bonds. The number of carbonyl (C=O) groups excluding carboxylic acids is 1. The Morgan fingerprint density at radius 2 is 2.04 bits per heavy atom. The minimum atomic E-state index is -1.14. The van der Waals surface area contributed by atoms with Gasteiger partial charge in [-0.15, -0.1) is 0 Å². The number of aromatic nitrogens is 2. The molecule has 2 atom stereocenters. The van der Waals surface area contributed by atoms with E-state index in [1.807, 2.05) is 0 Å². The van der Waals surface area contributed by atoms with Crippen LogP contribution in [-0.2, 0) is 4.74 Å². The number of amides is 2. The van der Waals surface area contributed by atoms with E-state index in [4.69, 9.17) is 4.74 Å². The van der Waals surface area contributed by atoms with Crippen LogP contribution < -0.4 is 10.2 Å². The first-order valence-corrected chi connectivity index (χ1v) is 8.22. The Morgan fingerprint density at radius 3 is 2.77 bits per heavy atom. The molecule has 0 radical (unpaired) electrons. The fraction of sp³-hybridized carbons (Fsp3) is 0.222. The van der Waals surface area contributed by atoms with Crippen LogP contribution in [0.5, 0.6) is 0 Å². The number of aliphatic hydroxyl groups excluding tert-OH is 1. The van der Waals surface area contributed by atoms with Crippen molar-refractivity contribution in [2.24, 2.45) is 0 Å². The third-order valence-corrected chi connectivity index (χ3v) is 4.31. The lowest BCUT2D eigenvalue weighted by Gasteiger charge is -2.21. The molecule has 7 nitrogen and oxygen atoms in total. The first-order valence-electron chi connectivity index (χ1n) is 8.22. The van der Waals surface area contributed by atoms with Crippen LogP contribution in [0, 0.1) is 5.82 Å². The number of rotatable bonds is 4. The predicted molar refractivity (Wildman–Crippen MR) is 93.9 cm³/mol. The van der Waals surface area contributed by atoms with Crippen LogP contribution in [-0.4, -0.2) is 40.4 Å². The molecule has 2 heterocycles. The van der Waals surface area contributed by atoms with Gasteiger partial charge in [0.1, 0.15) is 5.82 Å². The summed E-state index contributed by atoms with van der Waals surface area (Å²) < 4.78 is 18.5. The maximum Gasteiger partial charge on any atom is 0.326 e. The van der Waals surface area contributed by atoms with E-state index >= 15 is 0 Å². The van der Waals surface area contributed by atoms with Crippen LogP contribution in [0.4, 0.5) is 14.9 Å². The third kappa shape index (κ3) is 2.69. The average molecular weight is 356 g/mol. The summed E-state index contributed by atoms with van der Waals surface area (Å²) in [6, 6.07) is 10.8. The Hall–Kier alpha value is -2.97. The van der Waals surface area contributed by atoms with Crippen LogP contribution in [0.2, 0.25) is 0 Å². The smallest absolute Gasteiger partial charge is 0.326 e. The summed E-state index contributed by atoms with van der Waals surface area (Å²) in [6.07, 6.45) is -1.93. The number of halogens is 1. The summed E-state index contributed by atoms with van der Waals surface area (Å²) in [5, 5.41) is 21.0. The van der Waals surface area contributed by atoms with Gasteiger partial charge in [-0.05, 0) is 49.4 Å². The van der Waals surface area contributed by atoms with Crippen molar-refractivity contribution >= 4 is 22.6 Å². The maximum absolute atomic E-state index is 13.2. The molecule has 1 aromatic heterocycles. The van der Waals surface area contributed by atoms with E-state index in [2.05, 4.69) is 15.5 Å². The van der Waals surface area contributed by atoms with E-state index < -0.39 is 18.5 Å². The second kappa shape index (κ2) is 6.40. The molecule has 0 saturated carbocycles. The summed E-state index contributed by atoms with van der Waals surface area (Å²) in [5.41, 5.74) is 2.66. The number of urea groups is 1. The van der Waals surface area contributed by atoms with E-state index in [0.29, 0.717) is 18.0 Å². The van der Waals surface area contributed by atoms with Crippen LogP contribution in [0.1, 0.15) is 6.92 Å². The SMILES string of the molecule is CCOC1NC(=O)N(c2ccc3[nH]nc(-c4ccc(F)cc4)c3c2)C1O. The molecule has 1 aliphatic heterocycles. The monoisotopic (exact) mass is 356 g/mol. The highest BCUT2D eigenvalue weighted by molar-refractivity contribution is 6.00. The molecule has 1 saturated heterocycles. The van der Waals surface area contributed by atoms with Crippen molar-refractivity contribution < 1.29 is 19.0 Å². The summed E-state index contributed by atoms with van der Waals surface area (Å²) in [6.45, 7) is 2.15. The standard InChI is InChI=1S/C18H17FN4O3/c1-2-26-16-17(24)23(18(25)20-16)12-7-8-14-13(9-12)15(22-21-14)10-3-5-11(19)6-4-10/h3-9,16-17,24H,2H2,1H3,(H,20,25)(H,21,22). The van der Waals surface area contributed by atoms with Crippen molar-refractivity contribution in [3.8, 4) is 11.3 Å². The maximum atomic E-state index is 13.2. The van der Waals surface area contributed by atoms with Gasteiger partial charge in [-0.3, -0.25) is 10.00 Å². The molecule has 4 rings (SSSR count). The number of hydrogen-bond donors (Lipinski definition) is 3. The number of carbonyl (C=O) groups is 1. The van der Waals surface area contributed by atoms with E-state index in [9.17, 15) is 14.3 Å². The number of aromatic amines is 1. The van der Waals surface area contributed by atoms with Crippen molar-refractivity contribution in [3.05, 3.63) is 48.3 Å². The van der Waals surface area contributed by atoms with Crippen molar-refractivity contribution in [1.82, 2.24) is 15.5 Å². The molecule has 26 heavy (non-hydrogen) atoms. The number of benzene rings is 2. The molecule has 2 unspecified atom stereocenters. The predicted octanol–water partition coefficient (Wildman–Crippen LogP) is 2.58. The van der Waals surface area contributed by atoms with Gasteiger partial charge < -0.3 is 15.2 Å². The van der Waals surface area contributed by atoms with Gasteiger partial charge in [0.25, 0.3) is 0 Å². The Bertz CT molecular complexity index is 957. The van der Waals surface area contributed by atoms with Crippen LogP contribution in [0.25, 0.3) is 22.2 Å². The van der Waals surface area contributed by atoms with Gasteiger partial charge in [-0.25, -0.2) is 9.18 Å². The summed E-state index contributed by atoms with van der Waals surface area (Å²) in [5.74, 6) is -0.326. The molecule has 0 bridgehead atoms. The van der Waals surface area contributed by atoms with E-state index in [1.165, 1.54) is 17.0 Å². The average Bonchev–Trinajstić information content (AvgIpc) is 3.17. The van der Waals surface area contributed by atoms with Crippen LogP contribution in [0.3, 0.4) is 0 Å². The Morgan fingerprint density at radius 1 is 1.27 bits per heavy atom. The van der Waals surface area contributed by atoms with Crippen molar-refractivity contribution in [2.45, 2.75) is 19.4 Å². The quantitative estimate of drug-likeness (QED) is 0.670. The second-order valence-electron chi connectivity index (χ2n) is 5.92. The zero-order valence-electron chi connectivity index (χ0n) is 13.9. The number of nitrogens with one attached hydrogen (secondary N) is 2. The van der Waals surface area contributed by atoms with E-state index in [-0.39, 0.29) is 5.82 Å². The molecule has 134 valence electrons. The van der Waals surface area contributed by atoms with Crippen molar-refractivity contribution in [2.75, 3.05) is 11.5 Å². The first kappa shape index (κ1) is 16.5. The zero-order chi connectivity index (χ0) is 18.3. The molecule has 2 aromatic carbocycles. The summed E-state index contributed by atoms with van der Waals surface area (Å²) in [4.78, 5) is 13.5. The number of anilines is 1. The first-order chi connectivity index (χ1) is 12.6. The fourth-order valence-corrected chi connectivity index (χ4v) is 3.08. The number of ether oxygens (including phenoxy) is 1. The number of nitrogens with zero attached hydrogens (tertiary/aromatic N) is 2. The highest BCUT2D eigenvalue weighted by Gasteiger charge is 2.39. The summed E-state index contributed by atoms with van der Waals surface area (Å²) in [7, 11) is 0. The van der Waals surface area contributed by atoms with Crippen molar-refractivity contribution in [1.29, 1.82) is 0 Å². The van der Waals surface area contributed by atoms with Gasteiger partial charge in [0, 0.05) is 23.2 Å². The minimum Gasteiger partial charge on any atom is -0.369 e. The Labute approximate surface area is 148 Å². The topological polar surface area (TPSA) is 90.5 Å². The number of fused-ring (bicyclic) bond motifs is 1. The molecular weight excluding hydrogens is 339 g/mol. The molecular formula is C18H17FN4O3. The number of aliphatic hydroxyl groups is 1. The Kier molecular flexibility index (Phi) is 4.06. The molecule has 1 aliphatic rings. The van der Waals surface area contributed by atoms with Crippen molar-refractivity contribution in [3.63, 3.8) is 0 Å². The Balaban J connectivity index is 1.75. The molecule has 3 aromatic rings. The highest BCUT2D eigenvalue weighted by Crippen LogP contribution is 2.31. The van der Waals surface area contributed by atoms with E-state index in [1.54, 1.807) is 37.3 Å². The van der Waals surface area contributed by atoms with Gasteiger partial charge in [0.15, 0.2) is 12.5 Å². The molecule has 0 spiro atoms. The normalized spacial score (nSPS) is 20.0. The number of hydrogen-bond acceptors (Lipinski definition) is 4. The van der Waals surface area contributed by atoms with Gasteiger partial charge in [-0.1, -0.05) is 0 Å². The number of H-pyrrole nitrogens is 1. The molecule has 3 N–H and O–H groups in total. The third-order valence-electron chi connectivity index (χ3n) is 4.31. The highest BCUT2D eigenvalue weighted by atomic mass is 19.1. The molecule has 1 fully saturated rings. The van der Waals surface area contributed by atoms with Gasteiger partial charge in [0.2, 0.25) is 0 Å². The van der Waals surface area contributed by atoms with Crippen LogP contribution in [0.15, 0.2) is 42.5 Å². The largest absolute Gasteiger partial charge is 0.369 e. The van der Waals surface area contributed by atoms with E-state index in [0.717, 1.165) is 16.5 Å². The lowest BCUT2D eigenvalue weighted by atomic mass is 10.1. The lowest BCUT2D eigenvalue weighted by Crippen LogP contribution is -2.38. The summed E-state index contributed by atoms with van der Waals surface area (Å²) >= 11 is 0. The molecule has 0 aliphatic carbocycles. The van der Waals surface area contributed by atoms with Gasteiger partial charge >= 0.3 is 6.03 Å². The van der Waals surface area contributed by atoms with Gasteiger partial charge in [-0.2, -0.15) is 5.10 Å². The van der Waals surface area contributed by atoms with Gasteiger partial charge in [0.05, 0.1) is 11.2 Å². The second-order valence-corrected chi connectivity index (χ2v) is 5.92. The fourth-order valence-electron chi connectivity index (χ4n) is 3.08. The van der Waals surface area contributed by atoms with Crippen LogP contribution >= 0.6 is 0 Å². The lowest BCUT2D eigenvalue weighted by molar-refractivity contribution is -0.0232. The zero-order valence-corrected chi connectivity index (χ0v) is 13.9. The minimum absolute atomic E-state index is 0.326. The molecule has 8 heteroatoms.